The van der Waals surface area contributed by atoms with Crippen LogP contribution in [0.3, 0.4) is 0 Å². The predicted molar refractivity (Wildman–Crippen MR) is 68.5 cm³/mol. The summed E-state index contributed by atoms with van der Waals surface area (Å²) in [7, 11) is 3.81. The van der Waals surface area contributed by atoms with Crippen LogP contribution < -0.4 is 5.32 Å². The van der Waals surface area contributed by atoms with Crippen molar-refractivity contribution in [1.29, 1.82) is 0 Å². The third kappa shape index (κ3) is 4.52. The van der Waals surface area contributed by atoms with E-state index in [0.717, 1.165) is 25.9 Å². The molecule has 6 heteroatoms. The first-order valence-electron chi connectivity index (χ1n) is 6.33. The van der Waals surface area contributed by atoms with Crippen LogP contribution in [0.5, 0.6) is 0 Å². The molecule has 0 unspecified atom stereocenters. The van der Waals surface area contributed by atoms with Crippen molar-refractivity contribution in [3.63, 3.8) is 0 Å². The van der Waals surface area contributed by atoms with E-state index in [1.165, 1.54) is 6.92 Å². The standard InChI is InChI=1S/C12H23N3O3/c1-9(11(16)17)13-12(18)15(3)8-10-4-6-14(2)7-5-10/h9-10H,4-8H2,1-3H3,(H,13,18)(H,16,17)/t9-/m1/s1. The van der Waals surface area contributed by atoms with Gasteiger partial charge in [-0.2, -0.15) is 0 Å². The Hall–Kier alpha value is -1.30. The van der Waals surface area contributed by atoms with Gasteiger partial charge in [-0.15, -0.1) is 0 Å². The molecule has 0 aliphatic carbocycles. The third-order valence-corrected chi connectivity index (χ3v) is 3.43. The van der Waals surface area contributed by atoms with E-state index in [-0.39, 0.29) is 6.03 Å². The number of hydrogen-bond acceptors (Lipinski definition) is 3. The summed E-state index contributed by atoms with van der Waals surface area (Å²) >= 11 is 0. The van der Waals surface area contributed by atoms with E-state index in [1.807, 2.05) is 0 Å². The third-order valence-electron chi connectivity index (χ3n) is 3.43. The summed E-state index contributed by atoms with van der Waals surface area (Å²) in [5.41, 5.74) is 0. The zero-order valence-electron chi connectivity index (χ0n) is 11.3. The van der Waals surface area contributed by atoms with Gasteiger partial charge in [0.25, 0.3) is 0 Å². The maximum atomic E-state index is 11.7. The first-order valence-corrected chi connectivity index (χ1v) is 6.33. The number of carbonyl (C=O) groups excluding carboxylic acids is 1. The van der Waals surface area contributed by atoms with Crippen molar-refractivity contribution in [1.82, 2.24) is 15.1 Å². The molecule has 2 amide bonds. The average Bonchev–Trinajstić information content (AvgIpc) is 2.31. The molecule has 1 aliphatic heterocycles. The molecule has 18 heavy (non-hydrogen) atoms. The number of carboxylic acids is 1. The highest BCUT2D eigenvalue weighted by Gasteiger charge is 2.22. The topological polar surface area (TPSA) is 72.9 Å². The lowest BCUT2D eigenvalue weighted by molar-refractivity contribution is -0.138. The number of likely N-dealkylation sites (tertiary alicyclic amines) is 1. The number of nitrogens with zero attached hydrogens (tertiary/aromatic N) is 2. The average molecular weight is 257 g/mol. The highest BCUT2D eigenvalue weighted by Crippen LogP contribution is 2.16. The number of aliphatic carboxylic acids is 1. The summed E-state index contributed by atoms with van der Waals surface area (Å²) in [6, 6.07) is -1.17. The van der Waals surface area contributed by atoms with Crippen molar-refractivity contribution < 1.29 is 14.7 Å². The molecule has 104 valence electrons. The molecule has 2 N–H and O–H groups in total. The highest BCUT2D eigenvalue weighted by atomic mass is 16.4. The molecule has 1 saturated heterocycles. The monoisotopic (exact) mass is 257 g/mol. The Morgan fingerprint density at radius 2 is 2.00 bits per heavy atom. The SMILES string of the molecule is C[C@@H](NC(=O)N(C)CC1CCN(C)CC1)C(=O)O. The number of carbonyl (C=O) groups is 2. The molecule has 0 radical (unpaired) electrons. The Kier molecular flexibility index (Phi) is 5.40. The van der Waals surface area contributed by atoms with E-state index < -0.39 is 12.0 Å². The van der Waals surface area contributed by atoms with Crippen LogP contribution in [0.2, 0.25) is 0 Å². The van der Waals surface area contributed by atoms with E-state index in [4.69, 9.17) is 5.11 Å². The van der Waals surface area contributed by atoms with Gasteiger partial charge in [0.15, 0.2) is 0 Å². The second kappa shape index (κ2) is 6.58. The van der Waals surface area contributed by atoms with Gasteiger partial charge < -0.3 is 20.2 Å². The van der Waals surface area contributed by atoms with Crippen LogP contribution in [0.15, 0.2) is 0 Å². The highest BCUT2D eigenvalue weighted by molar-refractivity contribution is 5.82. The summed E-state index contributed by atoms with van der Waals surface area (Å²) in [6.45, 7) is 4.27. The van der Waals surface area contributed by atoms with Gasteiger partial charge in [0.2, 0.25) is 0 Å². The van der Waals surface area contributed by atoms with Crippen LogP contribution in [-0.2, 0) is 4.79 Å². The first-order chi connectivity index (χ1) is 8.40. The predicted octanol–water partition coefficient (Wildman–Crippen LogP) is 0.443. The number of urea groups is 1. The summed E-state index contributed by atoms with van der Waals surface area (Å²) in [5, 5.41) is 11.2. The van der Waals surface area contributed by atoms with Crippen LogP contribution >= 0.6 is 0 Å². The van der Waals surface area contributed by atoms with E-state index in [0.29, 0.717) is 12.5 Å². The van der Waals surface area contributed by atoms with Gasteiger partial charge in [-0.1, -0.05) is 0 Å². The molecule has 0 aromatic rings. The van der Waals surface area contributed by atoms with Crippen molar-refractivity contribution in [3.05, 3.63) is 0 Å². The fraction of sp³-hybridized carbons (Fsp3) is 0.833. The van der Waals surface area contributed by atoms with Gasteiger partial charge in [-0.3, -0.25) is 4.79 Å². The van der Waals surface area contributed by atoms with Crippen LogP contribution in [0, 0.1) is 5.92 Å². The van der Waals surface area contributed by atoms with Gasteiger partial charge in [-0.25, -0.2) is 4.79 Å². The van der Waals surface area contributed by atoms with E-state index >= 15 is 0 Å². The molecular weight excluding hydrogens is 234 g/mol. The minimum atomic E-state index is -1.02. The van der Waals surface area contributed by atoms with Crippen LogP contribution in [0.1, 0.15) is 19.8 Å². The van der Waals surface area contributed by atoms with E-state index in [1.54, 1.807) is 11.9 Å². The van der Waals surface area contributed by atoms with Gasteiger partial charge in [0.1, 0.15) is 6.04 Å². The Morgan fingerprint density at radius 1 is 1.44 bits per heavy atom. The fourth-order valence-corrected chi connectivity index (χ4v) is 2.07. The normalized spacial score (nSPS) is 19.3. The van der Waals surface area contributed by atoms with E-state index in [9.17, 15) is 9.59 Å². The van der Waals surface area contributed by atoms with Gasteiger partial charge in [0, 0.05) is 13.6 Å². The van der Waals surface area contributed by atoms with Crippen molar-refractivity contribution in [3.8, 4) is 0 Å². The number of hydrogen-bond donors (Lipinski definition) is 2. The summed E-state index contributed by atoms with van der Waals surface area (Å²) in [5.74, 6) is -0.506. The Morgan fingerprint density at radius 3 is 2.50 bits per heavy atom. The lowest BCUT2D eigenvalue weighted by Crippen LogP contribution is -2.47. The Labute approximate surface area is 108 Å². The zero-order valence-corrected chi connectivity index (χ0v) is 11.3. The summed E-state index contributed by atoms with van der Waals surface area (Å²) < 4.78 is 0. The smallest absolute Gasteiger partial charge is 0.325 e. The second-order valence-electron chi connectivity index (χ2n) is 5.14. The Balaban J connectivity index is 2.33. The lowest BCUT2D eigenvalue weighted by atomic mass is 9.97. The molecule has 0 saturated carbocycles. The van der Waals surface area contributed by atoms with Crippen molar-refractivity contribution >= 4 is 12.0 Å². The molecule has 1 rings (SSSR count). The lowest BCUT2D eigenvalue weighted by Gasteiger charge is -2.31. The molecule has 0 spiro atoms. The fourth-order valence-electron chi connectivity index (χ4n) is 2.07. The minimum Gasteiger partial charge on any atom is -0.480 e. The van der Waals surface area contributed by atoms with Crippen molar-refractivity contribution in [2.45, 2.75) is 25.8 Å². The molecule has 0 bridgehead atoms. The quantitative estimate of drug-likeness (QED) is 0.766. The van der Waals surface area contributed by atoms with Gasteiger partial charge in [-0.05, 0) is 45.8 Å². The number of nitrogens with one attached hydrogen (secondary N) is 1. The van der Waals surface area contributed by atoms with Crippen LogP contribution in [0.4, 0.5) is 4.79 Å². The molecule has 6 nitrogen and oxygen atoms in total. The number of amides is 2. The van der Waals surface area contributed by atoms with Crippen molar-refractivity contribution in [2.24, 2.45) is 5.92 Å². The summed E-state index contributed by atoms with van der Waals surface area (Å²) in [4.78, 5) is 26.2. The zero-order chi connectivity index (χ0) is 13.7. The van der Waals surface area contributed by atoms with Gasteiger partial charge >= 0.3 is 12.0 Å². The van der Waals surface area contributed by atoms with Crippen LogP contribution in [-0.4, -0.2) is 66.7 Å². The van der Waals surface area contributed by atoms with E-state index in [2.05, 4.69) is 17.3 Å². The number of carboxylic acid groups (broad SMARTS) is 1. The first kappa shape index (κ1) is 14.8. The maximum Gasteiger partial charge on any atom is 0.325 e. The molecular formula is C12H23N3O3. The maximum absolute atomic E-state index is 11.7. The van der Waals surface area contributed by atoms with Crippen LogP contribution in [0.25, 0.3) is 0 Å². The molecule has 1 fully saturated rings. The number of piperidine rings is 1. The van der Waals surface area contributed by atoms with Gasteiger partial charge in [0.05, 0.1) is 0 Å². The molecule has 1 heterocycles. The largest absolute Gasteiger partial charge is 0.480 e. The number of rotatable bonds is 4. The molecule has 0 aromatic carbocycles. The second-order valence-corrected chi connectivity index (χ2v) is 5.14. The summed E-state index contributed by atoms with van der Waals surface area (Å²) in [6.07, 6.45) is 2.17. The minimum absolute atomic E-state index is 0.316. The molecule has 1 aliphatic rings. The molecule has 0 aromatic heterocycles. The molecule has 1 atom stereocenters. The Bertz CT molecular complexity index is 301. The van der Waals surface area contributed by atoms with Crippen molar-refractivity contribution in [2.75, 3.05) is 33.7 Å².